The average Bonchev–Trinajstić information content (AvgIpc) is 2.98. The van der Waals surface area contributed by atoms with Crippen molar-refractivity contribution in [2.24, 2.45) is 5.10 Å². The molecule has 0 aromatic heterocycles. The molecule has 0 unspecified atom stereocenters. The fourth-order valence-corrected chi connectivity index (χ4v) is 4.88. The van der Waals surface area contributed by atoms with Gasteiger partial charge >= 0.3 is 0 Å². The lowest BCUT2D eigenvalue weighted by Crippen LogP contribution is -2.47. The minimum absolute atomic E-state index is 0.147. The minimum atomic E-state index is -3.79. The number of fused-ring (bicyclic) bond motifs is 2. The average molecular weight is 428 g/mol. The van der Waals surface area contributed by atoms with Gasteiger partial charge in [-0.2, -0.15) is 13.5 Å². The third-order valence-electron chi connectivity index (χ3n) is 5.53. The van der Waals surface area contributed by atoms with Gasteiger partial charge in [-0.3, -0.25) is 4.79 Å². The van der Waals surface area contributed by atoms with Crippen LogP contribution < -0.4 is 10.1 Å². The number of hydrazone groups is 1. The van der Waals surface area contributed by atoms with E-state index in [1.165, 1.54) is 0 Å². The number of aryl methyl sites for hydroxylation is 1. The predicted octanol–water partition coefficient (Wildman–Crippen LogP) is 3.46. The van der Waals surface area contributed by atoms with E-state index >= 15 is 0 Å². The maximum absolute atomic E-state index is 12.9. The number of carbonyl (C=O) groups excluding carboxylic acids is 1. The number of benzene rings is 2. The molecule has 2 aromatic rings. The van der Waals surface area contributed by atoms with Crippen molar-refractivity contribution in [2.45, 2.75) is 56.1 Å². The second-order valence-electron chi connectivity index (χ2n) is 7.82. The molecule has 2 N–H and O–H groups in total. The summed E-state index contributed by atoms with van der Waals surface area (Å²) >= 11 is 0. The maximum atomic E-state index is 12.9. The number of ether oxygens (including phenoxy) is 1. The molecule has 1 saturated heterocycles. The molecule has 2 aliphatic heterocycles. The van der Waals surface area contributed by atoms with Crippen molar-refractivity contribution in [1.82, 2.24) is 4.83 Å². The van der Waals surface area contributed by atoms with Gasteiger partial charge in [-0.25, -0.2) is 4.83 Å². The van der Waals surface area contributed by atoms with Crippen molar-refractivity contribution in [3.05, 3.63) is 59.7 Å². The molecular weight excluding hydrogens is 402 g/mol. The number of hydrogen-bond acceptors (Lipinski definition) is 5. The second kappa shape index (κ2) is 7.85. The fraction of sp³-hybridized carbons (Fsp3) is 0.364. The maximum Gasteiger partial charge on any atom is 0.276 e. The number of carbonyl (C=O) groups is 1. The molecule has 7 nitrogen and oxygen atoms in total. The van der Waals surface area contributed by atoms with Crippen LogP contribution in [-0.2, 0) is 25.2 Å². The van der Waals surface area contributed by atoms with E-state index in [9.17, 15) is 13.2 Å². The Kier molecular flexibility index (Phi) is 5.38. The van der Waals surface area contributed by atoms with Crippen LogP contribution in [0.25, 0.3) is 0 Å². The SMILES string of the molecule is CCC[C@H]1CC(=NNS(=O)(=O)c2ccc(C)cc2)C[C@]2(O1)C(=O)Nc1ccccc12. The zero-order valence-electron chi connectivity index (χ0n) is 17.0. The lowest BCUT2D eigenvalue weighted by Gasteiger charge is -2.37. The quantitative estimate of drug-likeness (QED) is 0.714. The van der Waals surface area contributed by atoms with Crippen LogP contribution in [0.1, 0.15) is 43.7 Å². The Labute approximate surface area is 176 Å². The number of nitrogens with one attached hydrogen (secondary N) is 2. The van der Waals surface area contributed by atoms with E-state index in [-0.39, 0.29) is 23.3 Å². The fourth-order valence-electron chi connectivity index (χ4n) is 4.04. The van der Waals surface area contributed by atoms with Crippen LogP contribution in [-0.4, -0.2) is 26.1 Å². The smallest absolute Gasteiger partial charge is 0.276 e. The highest BCUT2D eigenvalue weighted by atomic mass is 32.2. The number of rotatable bonds is 5. The molecule has 0 saturated carbocycles. The number of anilines is 1. The lowest BCUT2D eigenvalue weighted by atomic mass is 9.84. The standard InChI is InChI=1S/C22H25N3O4S/c1-3-6-17-13-16(24-25-30(27,28)18-11-9-15(2)10-12-18)14-22(29-17)19-7-4-5-8-20(19)23-21(22)26/h4-5,7-12,17,25H,3,6,13-14H2,1-2H3,(H,23,26)/t17-,22+/m0/s1. The molecule has 0 bridgehead atoms. The third kappa shape index (κ3) is 3.73. The molecule has 158 valence electrons. The summed E-state index contributed by atoms with van der Waals surface area (Å²) in [5, 5.41) is 7.12. The Morgan fingerprint density at radius 2 is 1.93 bits per heavy atom. The van der Waals surface area contributed by atoms with Gasteiger partial charge in [-0.1, -0.05) is 49.2 Å². The van der Waals surface area contributed by atoms with Gasteiger partial charge in [-0.15, -0.1) is 0 Å². The van der Waals surface area contributed by atoms with Crippen LogP contribution in [0.5, 0.6) is 0 Å². The molecule has 2 heterocycles. The molecule has 2 aromatic carbocycles. The summed E-state index contributed by atoms with van der Waals surface area (Å²) in [6.45, 7) is 3.94. The summed E-state index contributed by atoms with van der Waals surface area (Å²) in [7, 11) is -3.79. The van der Waals surface area contributed by atoms with Crippen molar-refractivity contribution < 1.29 is 17.9 Å². The van der Waals surface area contributed by atoms with E-state index in [0.29, 0.717) is 12.1 Å². The molecule has 30 heavy (non-hydrogen) atoms. The van der Waals surface area contributed by atoms with Gasteiger partial charge in [0.1, 0.15) is 0 Å². The summed E-state index contributed by atoms with van der Waals surface area (Å²) in [4.78, 5) is 15.4. The first-order valence-corrected chi connectivity index (χ1v) is 11.5. The van der Waals surface area contributed by atoms with Gasteiger partial charge < -0.3 is 10.1 Å². The van der Waals surface area contributed by atoms with Crippen LogP contribution in [0.3, 0.4) is 0 Å². The number of amides is 1. The minimum Gasteiger partial charge on any atom is -0.356 e. The van der Waals surface area contributed by atoms with E-state index in [1.807, 2.05) is 38.1 Å². The van der Waals surface area contributed by atoms with Gasteiger partial charge in [0.2, 0.25) is 0 Å². The highest BCUT2D eigenvalue weighted by molar-refractivity contribution is 7.89. The Hall–Kier alpha value is -2.71. The first kappa shape index (κ1) is 20.6. The van der Waals surface area contributed by atoms with Gasteiger partial charge in [0.05, 0.1) is 11.0 Å². The molecule has 2 atom stereocenters. The normalized spacial score (nSPS) is 24.7. The zero-order chi connectivity index (χ0) is 21.4. The summed E-state index contributed by atoms with van der Waals surface area (Å²) in [5.74, 6) is -0.237. The van der Waals surface area contributed by atoms with Crippen molar-refractivity contribution in [1.29, 1.82) is 0 Å². The number of para-hydroxylation sites is 1. The summed E-state index contributed by atoms with van der Waals surface area (Å²) in [6.07, 6.45) is 2.09. The van der Waals surface area contributed by atoms with Gasteiger partial charge in [0.25, 0.3) is 15.9 Å². The van der Waals surface area contributed by atoms with E-state index in [0.717, 1.165) is 29.7 Å². The van der Waals surface area contributed by atoms with Gasteiger partial charge in [0, 0.05) is 29.8 Å². The Morgan fingerprint density at radius 3 is 2.67 bits per heavy atom. The van der Waals surface area contributed by atoms with E-state index in [4.69, 9.17) is 4.74 Å². The Morgan fingerprint density at radius 1 is 1.20 bits per heavy atom. The number of hydrogen-bond donors (Lipinski definition) is 2. The highest BCUT2D eigenvalue weighted by Gasteiger charge is 2.52. The summed E-state index contributed by atoms with van der Waals surface area (Å²) in [6, 6.07) is 14.0. The van der Waals surface area contributed by atoms with Crippen LogP contribution in [0.15, 0.2) is 58.5 Å². The summed E-state index contributed by atoms with van der Waals surface area (Å²) < 4.78 is 31.6. The molecule has 8 heteroatoms. The monoisotopic (exact) mass is 427 g/mol. The van der Waals surface area contributed by atoms with E-state index in [2.05, 4.69) is 15.2 Å². The third-order valence-corrected chi connectivity index (χ3v) is 6.75. The van der Waals surface area contributed by atoms with Crippen LogP contribution in [0.4, 0.5) is 5.69 Å². The topological polar surface area (TPSA) is 96.9 Å². The molecule has 2 aliphatic rings. The lowest BCUT2D eigenvalue weighted by molar-refractivity contribution is -0.153. The molecular formula is C22H25N3O4S. The molecule has 1 spiro atoms. The Balaban J connectivity index is 1.65. The first-order valence-electron chi connectivity index (χ1n) is 10.1. The molecule has 0 aliphatic carbocycles. The van der Waals surface area contributed by atoms with Crippen molar-refractivity contribution in [2.75, 3.05) is 5.32 Å². The van der Waals surface area contributed by atoms with Crippen molar-refractivity contribution >= 4 is 27.3 Å². The van der Waals surface area contributed by atoms with Crippen LogP contribution >= 0.6 is 0 Å². The summed E-state index contributed by atoms with van der Waals surface area (Å²) in [5.41, 5.74) is 1.88. The zero-order valence-corrected chi connectivity index (χ0v) is 17.8. The van der Waals surface area contributed by atoms with E-state index < -0.39 is 15.6 Å². The highest BCUT2D eigenvalue weighted by Crippen LogP contribution is 2.45. The van der Waals surface area contributed by atoms with Crippen LogP contribution in [0.2, 0.25) is 0 Å². The second-order valence-corrected chi connectivity index (χ2v) is 9.48. The molecule has 4 rings (SSSR count). The van der Waals surface area contributed by atoms with Gasteiger partial charge in [0.15, 0.2) is 5.60 Å². The largest absolute Gasteiger partial charge is 0.356 e. The van der Waals surface area contributed by atoms with Crippen molar-refractivity contribution in [3.8, 4) is 0 Å². The first-order chi connectivity index (χ1) is 14.3. The predicted molar refractivity (Wildman–Crippen MR) is 115 cm³/mol. The van der Waals surface area contributed by atoms with E-state index in [1.54, 1.807) is 24.3 Å². The van der Waals surface area contributed by atoms with Crippen LogP contribution in [0, 0.1) is 6.92 Å². The molecule has 1 amide bonds. The van der Waals surface area contributed by atoms with Crippen molar-refractivity contribution in [3.63, 3.8) is 0 Å². The number of sulfonamides is 1. The Bertz CT molecular complexity index is 1100. The molecule has 1 fully saturated rings. The van der Waals surface area contributed by atoms with Gasteiger partial charge in [-0.05, 0) is 31.5 Å². The molecule has 0 radical (unpaired) electrons. The number of nitrogens with zero attached hydrogens (tertiary/aromatic N) is 1.